The zero-order chi connectivity index (χ0) is 20.5. The van der Waals surface area contributed by atoms with Crippen LogP contribution in [0.2, 0.25) is 0 Å². The lowest BCUT2D eigenvalue weighted by Crippen LogP contribution is -2.41. The van der Waals surface area contributed by atoms with E-state index in [0.717, 1.165) is 38.0 Å². The van der Waals surface area contributed by atoms with E-state index in [4.69, 9.17) is 4.74 Å². The summed E-state index contributed by atoms with van der Waals surface area (Å²) in [6.07, 6.45) is 1.66. The van der Waals surface area contributed by atoms with Crippen LogP contribution in [0.3, 0.4) is 0 Å². The van der Waals surface area contributed by atoms with Crippen LogP contribution in [0.25, 0.3) is 0 Å². The summed E-state index contributed by atoms with van der Waals surface area (Å²) in [7, 11) is 0. The van der Waals surface area contributed by atoms with Gasteiger partial charge in [0.05, 0.1) is 12.7 Å². The fourth-order valence-electron chi connectivity index (χ4n) is 3.49. The Morgan fingerprint density at radius 2 is 1.83 bits per heavy atom. The second-order valence-electron chi connectivity index (χ2n) is 7.15. The lowest BCUT2D eigenvalue weighted by Gasteiger charge is -2.33. The molecule has 29 heavy (non-hydrogen) atoms. The number of para-hydroxylation sites is 1. The quantitative estimate of drug-likeness (QED) is 0.559. The molecule has 3 rings (SSSR count). The molecule has 2 aromatic carbocycles. The summed E-state index contributed by atoms with van der Waals surface area (Å²) < 4.78 is 5.88. The van der Waals surface area contributed by atoms with Crippen LogP contribution in [-0.4, -0.2) is 49.5 Å². The Morgan fingerprint density at radius 3 is 2.62 bits per heavy atom. The summed E-state index contributed by atoms with van der Waals surface area (Å²) in [6.45, 7) is 5.75. The number of ether oxygens (including phenoxy) is 1. The lowest BCUT2D eigenvalue weighted by molar-refractivity contribution is -0.136. The molecule has 1 aliphatic rings. The van der Waals surface area contributed by atoms with Crippen molar-refractivity contribution >= 4 is 17.5 Å². The highest BCUT2D eigenvalue weighted by Crippen LogP contribution is 2.21. The fourth-order valence-corrected chi connectivity index (χ4v) is 3.49. The van der Waals surface area contributed by atoms with Crippen molar-refractivity contribution in [1.29, 1.82) is 0 Å². The number of nitrogens with one attached hydrogen (secondary N) is 2. The number of carbonyl (C=O) groups excluding carboxylic acids is 2. The number of rotatable bonds is 7. The second kappa shape index (κ2) is 10.7. The van der Waals surface area contributed by atoms with E-state index in [9.17, 15) is 9.59 Å². The number of anilines is 1. The normalized spacial score (nSPS) is 16.9. The van der Waals surface area contributed by atoms with Gasteiger partial charge in [0.1, 0.15) is 0 Å². The number of hydrogen-bond donors (Lipinski definition) is 2. The van der Waals surface area contributed by atoms with Crippen molar-refractivity contribution in [1.82, 2.24) is 10.2 Å². The maximum atomic E-state index is 12.1. The van der Waals surface area contributed by atoms with Gasteiger partial charge in [-0.25, -0.2) is 0 Å². The summed E-state index contributed by atoms with van der Waals surface area (Å²) in [5.41, 5.74) is 2.89. The molecule has 0 bridgehead atoms. The highest BCUT2D eigenvalue weighted by molar-refractivity contribution is 6.39. The average Bonchev–Trinajstić information content (AvgIpc) is 2.77. The SMILES string of the molecule is CCc1ccccc1NC(=O)C(=O)NCCCN1CCOC(c2ccccc2)C1. The molecule has 2 amide bonds. The molecule has 0 saturated carbocycles. The number of nitrogens with zero attached hydrogens (tertiary/aromatic N) is 1. The van der Waals surface area contributed by atoms with Gasteiger partial charge in [-0.3, -0.25) is 14.5 Å². The van der Waals surface area contributed by atoms with Crippen LogP contribution in [0, 0.1) is 0 Å². The van der Waals surface area contributed by atoms with Gasteiger partial charge in [-0.2, -0.15) is 0 Å². The molecule has 0 spiro atoms. The minimum atomic E-state index is -0.624. The smallest absolute Gasteiger partial charge is 0.313 e. The molecule has 2 aromatic rings. The number of hydrogen-bond acceptors (Lipinski definition) is 4. The Bertz CT molecular complexity index is 810. The van der Waals surface area contributed by atoms with E-state index in [2.05, 4.69) is 27.7 Å². The van der Waals surface area contributed by atoms with E-state index >= 15 is 0 Å². The fraction of sp³-hybridized carbons (Fsp3) is 0.391. The number of aryl methyl sites for hydroxylation is 1. The van der Waals surface area contributed by atoms with Crippen LogP contribution in [0.1, 0.15) is 30.6 Å². The molecule has 2 N–H and O–H groups in total. The molecule has 1 atom stereocenters. The summed E-state index contributed by atoms with van der Waals surface area (Å²) >= 11 is 0. The molecule has 0 aromatic heterocycles. The van der Waals surface area contributed by atoms with Gasteiger partial charge in [0.2, 0.25) is 0 Å². The standard InChI is InChI=1S/C23H29N3O3/c1-2-18-9-6-7-12-20(18)25-23(28)22(27)24-13-8-14-26-15-16-29-21(17-26)19-10-4-3-5-11-19/h3-7,9-12,21H,2,8,13-17H2,1H3,(H,24,27)(H,25,28). The van der Waals surface area contributed by atoms with E-state index in [1.807, 2.05) is 49.4 Å². The van der Waals surface area contributed by atoms with Crippen molar-refractivity contribution in [3.63, 3.8) is 0 Å². The van der Waals surface area contributed by atoms with Crippen molar-refractivity contribution in [3.05, 3.63) is 65.7 Å². The van der Waals surface area contributed by atoms with Gasteiger partial charge in [-0.15, -0.1) is 0 Å². The first-order valence-corrected chi connectivity index (χ1v) is 10.2. The molecule has 6 heteroatoms. The maximum absolute atomic E-state index is 12.1. The second-order valence-corrected chi connectivity index (χ2v) is 7.15. The van der Waals surface area contributed by atoms with Crippen LogP contribution in [0.4, 0.5) is 5.69 Å². The van der Waals surface area contributed by atoms with Gasteiger partial charge >= 0.3 is 11.8 Å². The van der Waals surface area contributed by atoms with Gasteiger partial charge in [0.25, 0.3) is 0 Å². The minimum Gasteiger partial charge on any atom is -0.371 e. The van der Waals surface area contributed by atoms with Crippen LogP contribution in [-0.2, 0) is 20.7 Å². The topological polar surface area (TPSA) is 70.7 Å². The largest absolute Gasteiger partial charge is 0.371 e. The van der Waals surface area contributed by atoms with Crippen molar-refractivity contribution in [2.75, 3.05) is 38.1 Å². The van der Waals surface area contributed by atoms with Crippen LogP contribution >= 0.6 is 0 Å². The summed E-state index contributed by atoms with van der Waals surface area (Å²) in [6, 6.07) is 17.7. The molecule has 1 saturated heterocycles. The van der Waals surface area contributed by atoms with Gasteiger partial charge in [-0.05, 0) is 30.0 Å². The molecular weight excluding hydrogens is 366 g/mol. The molecule has 0 aliphatic carbocycles. The van der Waals surface area contributed by atoms with Crippen molar-refractivity contribution in [2.24, 2.45) is 0 Å². The number of benzene rings is 2. The first-order chi connectivity index (χ1) is 14.2. The van der Waals surface area contributed by atoms with Crippen molar-refractivity contribution in [2.45, 2.75) is 25.9 Å². The third kappa shape index (κ3) is 6.14. The summed E-state index contributed by atoms with van der Waals surface area (Å²) in [5.74, 6) is -1.22. The van der Waals surface area contributed by atoms with Crippen molar-refractivity contribution < 1.29 is 14.3 Å². The number of morpholine rings is 1. The number of amides is 2. The van der Waals surface area contributed by atoms with Crippen LogP contribution in [0.15, 0.2) is 54.6 Å². The Morgan fingerprint density at radius 1 is 1.07 bits per heavy atom. The van der Waals surface area contributed by atoms with Crippen molar-refractivity contribution in [3.8, 4) is 0 Å². The van der Waals surface area contributed by atoms with E-state index in [0.29, 0.717) is 18.8 Å². The highest BCUT2D eigenvalue weighted by atomic mass is 16.5. The molecule has 1 fully saturated rings. The Hall–Kier alpha value is -2.70. The molecule has 1 heterocycles. The van der Waals surface area contributed by atoms with Gasteiger partial charge in [0.15, 0.2) is 0 Å². The molecule has 0 radical (unpaired) electrons. The van der Waals surface area contributed by atoms with Gasteiger partial charge < -0.3 is 15.4 Å². The van der Waals surface area contributed by atoms with Crippen LogP contribution in [0.5, 0.6) is 0 Å². The average molecular weight is 396 g/mol. The molecule has 1 unspecified atom stereocenters. The zero-order valence-corrected chi connectivity index (χ0v) is 16.9. The van der Waals surface area contributed by atoms with E-state index in [1.165, 1.54) is 5.56 Å². The van der Waals surface area contributed by atoms with E-state index < -0.39 is 11.8 Å². The molecule has 154 valence electrons. The third-order valence-electron chi connectivity index (χ3n) is 5.11. The Kier molecular flexibility index (Phi) is 7.78. The van der Waals surface area contributed by atoms with E-state index in [-0.39, 0.29) is 6.10 Å². The predicted octanol–water partition coefficient (Wildman–Crippen LogP) is 2.77. The third-order valence-corrected chi connectivity index (χ3v) is 5.11. The Labute approximate surface area is 172 Å². The maximum Gasteiger partial charge on any atom is 0.313 e. The monoisotopic (exact) mass is 395 g/mol. The molecular formula is C23H29N3O3. The van der Waals surface area contributed by atoms with Crippen LogP contribution < -0.4 is 10.6 Å². The summed E-state index contributed by atoms with van der Waals surface area (Å²) in [5, 5.41) is 5.41. The molecule has 1 aliphatic heterocycles. The molecule has 6 nitrogen and oxygen atoms in total. The number of carbonyl (C=O) groups is 2. The minimum absolute atomic E-state index is 0.0870. The highest BCUT2D eigenvalue weighted by Gasteiger charge is 2.21. The van der Waals surface area contributed by atoms with Gasteiger partial charge in [0, 0.05) is 31.9 Å². The lowest BCUT2D eigenvalue weighted by atomic mass is 10.1. The predicted molar refractivity (Wildman–Crippen MR) is 114 cm³/mol. The first kappa shape index (κ1) is 21.0. The van der Waals surface area contributed by atoms with E-state index in [1.54, 1.807) is 0 Å². The van der Waals surface area contributed by atoms with Gasteiger partial charge in [-0.1, -0.05) is 55.5 Å². The summed E-state index contributed by atoms with van der Waals surface area (Å²) in [4.78, 5) is 26.5. The zero-order valence-electron chi connectivity index (χ0n) is 16.9. The first-order valence-electron chi connectivity index (χ1n) is 10.2. The Balaban J connectivity index is 1.38.